The van der Waals surface area contributed by atoms with Crippen LogP contribution in [0.2, 0.25) is 5.02 Å². The van der Waals surface area contributed by atoms with E-state index in [1.165, 1.54) is 5.56 Å². The molecule has 2 aromatic rings. The number of aryl methyl sites for hydroxylation is 1. The third-order valence-electron chi connectivity index (χ3n) is 3.55. The van der Waals surface area contributed by atoms with E-state index in [-0.39, 0.29) is 5.91 Å². The molecule has 2 rings (SSSR count). The Bertz CT molecular complexity index is 641. The van der Waals surface area contributed by atoms with Crippen LogP contribution in [0.15, 0.2) is 42.6 Å². The van der Waals surface area contributed by atoms with E-state index in [1.54, 1.807) is 6.20 Å². The molecule has 1 aromatic carbocycles. The number of carbonyl (C=O) groups is 1. The number of benzene rings is 1. The van der Waals surface area contributed by atoms with Gasteiger partial charge in [-0.3, -0.25) is 4.79 Å². The van der Waals surface area contributed by atoms with E-state index in [2.05, 4.69) is 10.3 Å². The Morgan fingerprint density at radius 1 is 1.22 bits per heavy atom. The molecule has 23 heavy (non-hydrogen) atoms. The molecule has 122 valence electrons. The molecule has 0 atom stereocenters. The van der Waals surface area contributed by atoms with Gasteiger partial charge in [0.15, 0.2) is 0 Å². The summed E-state index contributed by atoms with van der Waals surface area (Å²) >= 11 is 5.86. The smallest absolute Gasteiger partial charge is 0.220 e. The van der Waals surface area contributed by atoms with Crippen molar-refractivity contribution in [1.82, 2.24) is 10.3 Å². The fourth-order valence-corrected chi connectivity index (χ4v) is 2.48. The van der Waals surface area contributed by atoms with E-state index >= 15 is 0 Å². The van der Waals surface area contributed by atoms with Gasteiger partial charge in [-0.15, -0.1) is 0 Å². The molecule has 0 aliphatic heterocycles. The SMILES string of the molecule is CN(C)c1ncccc1CNC(=O)CCCc1ccc(Cl)cc1. The Labute approximate surface area is 142 Å². The van der Waals surface area contributed by atoms with E-state index in [0.717, 1.165) is 29.2 Å². The molecule has 1 aromatic heterocycles. The molecule has 4 nitrogen and oxygen atoms in total. The number of halogens is 1. The number of amides is 1. The minimum Gasteiger partial charge on any atom is -0.362 e. The summed E-state index contributed by atoms with van der Waals surface area (Å²) in [5.41, 5.74) is 2.22. The molecule has 1 heterocycles. The minimum absolute atomic E-state index is 0.0625. The number of carbonyl (C=O) groups excluding carboxylic acids is 1. The van der Waals surface area contributed by atoms with Crippen LogP contribution in [0.1, 0.15) is 24.0 Å². The van der Waals surface area contributed by atoms with Gasteiger partial charge in [-0.2, -0.15) is 0 Å². The maximum absolute atomic E-state index is 12.0. The zero-order chi connectivity index (χ0) is 16.7. The molecular formula is C18H22ClN3O. The number of nitrogens with zero attached hydrogens (tertiary/aromatic N) is 2. The van der Waals surface area contributed by atoms with Gasteiger partial charge in [0.05, 0.1) is 0 Å². The molecule has 0 fully saturated rings. The summed E-state index contributed by atoms with van der Waals surface area (Å²) in [5, 5.41) is 3.70. The lowest BCUT2D eigenvalue weighted by Gasteiger charge is -2.16. The Morgan fingerprint density at radius 2 is 1.96 bits per heavy atom. The fourth-order valence-electron chi connectivity index (χ4n) is 2.36. The standard InChI is InChI=1S/C18H22ClN3O/c1-22(2)18-15(6-4-12-20-18)13-21-17(23)7-3-5-14-8-10-16(19)11-9-14/h4,6,8-12H,3,5,7,13H2,1-2H3,(H,21,23). The average Bonchev–Trinajstić information content (AvgIpc) is 2.55. The van der Waals surface area contributed by atoms with Crippen molar-refractivity contribution in [2.75, 3.05) is 19.0 Å². The lowest BCUT2D eigenvalue weighted by molar-refractivity contribution is -0.121. The molecule has 0 saturated carbocycles. The van der Waals surface area contributed by atoms with Crippen LogP contribution in [0.4, 0.5) is 5.82 Å². The molecule has 1 N–H and O–H groups in total. The minimum atomic E-state index is 0.0625. The first-order valence-electron chi connectivity index (χ1n) is 7.68. The van der Waals surface area contributed by atoms with Crippen LogP contribution in [-0.4, -0.2) is 25.0 Å². The van der Waals surface area contributed by atoms with Gasteiger partial charge in [0.25, 0.3) is 0 Å². The Kier molecular flexibility index (Phi) is 6.41. The third-order valence-corrected chi connectivity index (χ3v) is 3.80. The highest BCUT2D eigenvalue weighted by molar-refractivity contribution is 6.30. The van der Waals surface area contributed by atoms with Crippen LogP contribution in [0.3, 0.4) is 0 Å². The van der Waals surface area contributed by atoms with Crippen LogP contribution in [0, 0.1) is 0 Å². The van der Waals surface area contributed by atoms with Gasteiger partial charge in [0.1, 0.15) is 5.82 Å². The zero-order valence-corrected chi connectivity index (χ0v) is 14.3. The summed E-state index contributed by atoms with van der Waals surface area (Å²) in [5.74, 6) is 0.946. The average molecular weight is 332 g/mol. The second-order valence-electron chi connectivity index (χ2n) is 5.64. The summed E-state index contributed by atoms with van der Waals surface area (Å²) in [6, 6.07) is 11.6. The van der Waals surface area contributed by atoms with Crippen LogP contribution in [0.5, 0.6) is 0 Å². The van der Waals surface area contributed by atoms with Crippen molar-refractivity contribution in [1.29, 1.82) is 0 Å². The number of hydrogen-bond acceptors (Lipinski definition) is 3. The first kappa shape index (κ1) is 17.3. The molecule has 1 amide bonds. The van der Waals surface area contributed by atoms with Crippen molar-refractivity contribution in [3.63, 3.8) is 0 Å². The highest BCUT2D eigenvalue weighted by Gasteiger charge is 2.07. The van der Waals surface area contributed by atoms with Gasteiger partial charge < -0.3 is 10.2 Å². The quantitative estimate of drug-likeness (QED) is 0.845. The molecule has 0 radical (unpaired) electrons. The molecule has 0 aliphatic rings. The maximum Gasteiger partial charge on any atom is 0.220 e. The topological polar surface area (TPSA) is 45.2 Å². The highest BCUT2D eigenvalue weighted by Crippen LogP contribution is 2.14. The summed E-state index contributed by atoms with van der Waals surface area (Å²) in [7, 11) is 3.89. The largest absolute Gasteiger partial charge is 0.362 e. The molecular weight excluding hydrogens is 310 g/mol. The summed E-state index contributed by atoms with van der Waals surface area (Å²) in [6.07, 6.45) is 3.97. The van der Waals surface area contributed by atoms with Crippen LogP contribution in [0.25, 0.3) is 0 Å². The van der Waals surface area contributed by atoms with Crippen LogP contribution in [-0.2, 0) is 17.8 Å². The third kappa shape index (κ3) is 5.57. The number of pyridine rings is 1. The van der Waals surface area contributed by atoms with Crippen molar-refractivity contribution in [2.45, 2.75) is 25.8 Å². The van der Waals surface area contributed by atoms with Crippen LogP contribution < -0.4 is 10.2 Å². The molecule has 5 heteroatoms. The predicted octanol–water partition coefficient (Wildman–Crippen LogP) is 3.44. The molecule has 0 bridgehead atoms. The first-order chi connectivity index (χ1) is 11.1. The van der Waals surface area contributed by atoms with Crippen molar-refractivity contribution in [2.24, 2.45) is 0 Å². The number of anilines is 1. The van der Waals surface area contributed by atoms with Crippen molar-refractivity contribution >= 4 is 23.3 Å². The van der Waals surface area contributed by atoms with Gasteiger partial charge in [-0.05, 0) is 36.6 Å². The van der Waals surface area contributed by atoms with Gasteiger partial charge in [-0.1, -0.05) is 29.8 Å². The molecule has 0 unspecified atom stereocenters. The van der Waals surface area contributed by atoms with Crippen molar-refractivity contribution < 1.29 is 4.79 Å². The van der Waals surface area contributed by atoms with Crippen molar-refractivity contribution in [3.8, 4) is 0 Å². The molecule has 0 spiro atoms. The number of nitrogens with one attached hydrogen (secondary N) is 1. The van der Waals surface area contributed by atoms with Gasteiger partial charge in [0.2, 0.25) is 5.91 Å². The molecule has 0 aliphatic carbocycles. The van der Waals surface area contributed by atoms with E-state index in [0.29, 0.717) is 13.0 Å². The van der Waals surface area contributed by atoms with E-state index in [4.69, 9.17) is 11.6 Å². The monoisotopic (exact) mass is 331 g/mol. The van der Waals surface area contributed by atoms with E-state index in [9.17, 15) is 4.79 Å². The Morgan fingerprint density at radius 3 is 2.65 bits per heavy atom. The van der Waals surface area contributed by atoms with Gasteiger partial charge >= 0.3 is 0 Å². The summed E-state index contributed by atoms with van der Waals surface area (Å²) < 4.78 is 0. The first-order valence-corrected chi connectivity index (χ1v) is 8.06. The second kappa shape index (κ2) is 8.53. The maximum atomic E-state index is 12.0. The Hall–Kier alpha value is -2.07. The Balaban J connectivity index is 1.76. The normalized spacial score (nSPS) is 10.4. The second-order valence-corrected chi connectivity index (χ2v) is 6.07. The highest BCUT2D eigenvalue weighted by atomic mass is 35.5. The summed E-state index contributed by atoms with van der Waals surface area (Å²) in [4.78, 5) is 18.3. The zero-order valence-electron chi connectivity index (χ0n) is 13.6. The van der Waals surface area contributed by atoms with Gasteiger partial charge in [0, 0.05) is 43.8 Å². The van der Waals surface area contributed by atoms with Gasteiger partial charge in [-0.25, -0.2) is 4.98 Å². The lowest BCUT2D eigenvalue weighted by atomic mass is 10.1. The lowest BCUT2D eigenvalue weighted by Crippen LogP contribution is -2.24. The molecule has 0 saturated heterocycles. The van der Waals surface area contributed by atoms with Crippen molar-refractivity contribution in [3.05, 3.63) is 58.7 Å². The fraction of sp³-hybridized carbons (Fsp3) is 0.333. The summed E-state index contributed by atoms with van der Waals surface area (Å²) in [6.45, 7) is 0.501. The van der Waals surface area contributed by atoms with Crippen LogP contribution >= 0.6 is 11.6 Å². The predicted molar refractivity (Wildman–Crippen MR) is 94.8 cm³/mol. The number of rotatable bonds is 7. The number of hydrogen-bond donors (Lipinski definition) is 1. The van der Waals surface area contributed by atoms with E-state index in [1.807, 2.05) is 55.4 Å². The van der Waals surface area contributed by atoms with E-state index < -0.39 is 0 Å². The number of aromatic nitrogens is 1.